The van der Waals surface area contributed by atoms with Gasteiger partial charge >= 0.3 is 0 Å². The minimum atomic E-state index is -0.511. The average Bonchev–Trinajstić information content (AvgIpc) is 2.29. The van der Waals surface area contributed by atoms with Crippen LogP contribution in [0.1, 0.15) is 5.56 Å². The van der Waals surface area contributed by atoms with Gasteiger partial charge in [0.2, 0.25) is 5.79 Å². The first kappa shape index (κ1) is 10.9. The van der Waals surface area contributed by atoms with Crippen molar-refractivity contribution >= 4 is 5.69 Å². The fourth-order valence-corrected chi connectivity index (χ4v) is 1.89. The van der Waals surface area contributed by atoms with E-state index in [0.717, 1.165) is 5.69 Å². The van der Waals surface area contributed by atoms with Crippen molar-refractivity contribution in [3.8, 4) is 6.07 Å². The number of nitriles is 1. The van der Waals surface area contributed by atoms with Crippen LogP contribution in [0, 0.1) is 11.3 Å². The van der Waals surface area contributed by atoms with E-state index in [2.05, 4.69) is 11.0 Å². The summed E-state index contributed by atoms with van der Waals surface area (Å²) in [6.07, 6.45) is 0. The van der Waals surface area contributed by atoms with Crippen LogP contribution in [0.4, 0.5) is 5.69 Å². The summed E-state index contributed by atoms with van der Waals surface area (Å²) in [5.41, 5.74) is 1.62. The van der Waals surface area contributed by atoms with E-state index in [1.54, 1.807) is 14.2 Å². The molecular weight excluding hydrogens is 204 g/mol. The summed E-state index contributed by atoms with van der Waals surface area (Å²) >= 11 is 0. The Bertz CT molecular complexity index is 413. The van der Waals surface area contributed by atoms with E-state index in [0.29, 0.717) is 18.7 Å². The molecule has 1 fully saturated rings. The molecule has 0 amide bonds. The Morgan fingerprint density at radius 1 is 1.25 bits per heavy atom. The molecule has 0 atom stereocenters. The average molecular weight is 218 g/mol. The summed E-state index contributed by atoms with van der Waals surface area (Å²) in [4.78, 5) is 2.07. The van der Waals surface area contributed by atoms with E-state index in [-0.39, 0.29) is 0 Å². The fourth-order valence-electron chi connectivity index (χ4n) is 1.89. The van der Waals surface area contributed by atoms with Gasteiger partial charge in [0.25, 0.3) is 0 Å². The standard InChI is InChI=1S/C12H14N2O2/c1-15-12(16-2)8-14(9-12)11-6-4-3-5-10(11)7-13/h3-6H,8-9H2,1-2H3. The number of methoxy groups -OCH3 is 2. The van der Waals surface area contributed by atoms with Crippen LogP contribution in [0.15, 0.2) is 24.3 Å². The maximum Gasteiger partial charge on any atom is 0.203 e. The number of ether oxygens (including phenoxy) is 2. The Morgan fingerprint density at radius 2 is 1.88 bits per heavy atom. The molecule has 0 aromatic heterocycles. The van der Waals surface area contributed by atoms with Crippen molar-refractivity contribution in [3.05, 3.63) is 29.8 Å². The molecule has 0 aliphatic carbocycles. The number of hydrogen-bond acceptors (Lipinski definition) is 4. The molecule has 1 saturated heterocycles. The zero-order valence-electron chi connectivity index (χ0n) is 9.43. The second kappa shape index (κ2) is 4.12. The van der Waals surface area contributed by atoms with Crippen LogP contribution < -0.4 is 4.90 Å². The molecule has 0 bridgehead atoms. The monoisotopic (exact) mass is 218 g/mol. The van der Waals surface area contributed by atoms with Gasteiger partial charge in [-0.25, -0.2) is 0 Å². The molecular formula is C12H14N2O2. The van der Waals surface area contributed by atoms with Crippen molar-refractivity contribution in [2.75, 3.05) is 32.2 Å². The highest BCUT2D eigenvalue weighted by atomic mass is 16.7. The van der Waals surface area contributed by atoms with Crippen LogP contribution in [-0.2, 0) is 9.47 Å². The van der Waals surface area contributed by atoms with Crippen LogP contribution >= 0.6 is 0 Å². The smallest absolute Gasteiger partial charge is 0.203 e. The van der Waals surface area contributed by atoms with E-state index >= 15 is 0 Å². The first-order valence-electron chi connectivity index (χ1n) is 5.09. The zero-order valence-corrected chi connectivity index (χ0v) is 9.43. The van der Waals surface area contributed by atoms with Crippen molar-refractivity contribution in [1.29, 1.82) is 5.26 Å². The molecule has 84 valence electrons. The quantitative estimate of drug-likeness (QED) is 0.719. The Hall–Kier alpha value is -1.57. The van der Waals surface area contributed by atoms with Gasteiger partial charge in [0.1, 0.15) is 6.07 Å². The van der Waals surface area contributed by atoms with Crippen molar-refractivity contribution in [2.24, 2.45) is 0 Å². The van der Waals surface area contributed by atoms with E-state index in [1.807, 2.05) is 24.3 Å². The van der Waals surface area contributed by atoms with Gasteiger partial charge in [-0.1, -0.05) is 12.1 Å². The molecule has 4 heteroatoms. The second-order valence-corrected chi connectivity index (χ2v) is 3.80. The number of para-hydroxylation sites is 1. The molecule has 0 radical (unpaired) electrons. The van der Waals surface area contributed by atoms with Crippen LogP contribution in [-0.4, -0.2) is 33.1 Å². The summed E-state index contributed by atoms with van der Waals surface area (Å²) < 4.78 is 10.6. The Kier molecular flexibility index (Phi) is 2.82. The van der Waals surface area contributed by atoms with E-state index in [9.17, 15) is 0 Å². The summed E-state index contributed by atoms with van der Waals surface area (Å²) in [6.45, 7) is 1.30. The van der Waals surface area contributed by atoms with E-state index in [4.69, 9.17) is 14.7 Å². The molecule has 16 heavy (non-hydrogen) atoms. The highest BCUT2D eigenvalue weighted by molar-refractivity contribution is 5.61. The maximum atomic E-state index is 8.99. The van der Waals surface area contributed by atoms with E-state index in [1.165, 1.54) is 0 Å². The predicted molar refractivity (Wildman–Crippen MR) is 60.1 cm³/mol. The van der Waals surface area contributed by atoms with Crippen LogP contribution in [0.25, 0.3) is 0 Å². The summed E-state index contributed by atoms with van der Waals surface area (Å²) in [5, 5.41) is 8.99. The lowest BCUT2D eigenvalue weighted by atomic mass is 10.0. The summed E-state index contributed by atoms with van der Waals surface area (Å²) in [6, 6.07) is 9.73. The molecule has 2 rings (SSSR count). The van der Waals surface area contributed by atoms with Gasteiger partial charge in [0.05, 0.1) is 24.3 Å². The first-order valence-corrected chi connectivity index (χ1v) is 5.09. The molecule has 1 aromatic rings. The number of nitrogens with zero attached hydrogens (tertiary/aromatic N) is 2. The topological polar surface area (TPSA) is 45.5 Å². The third-order valence-corrected chi connectivity index (χ3v) is 2.97. The largest absolute Gasteiger partial charge is 0.359 e. The van der Waals surface area contributed by atoms with Crippen molar-refractivity contribution in [3.63, 3.8) is 0 Å². The number of anilines is 1. The zero-order chi connectivity index (χ0) is 11.6. The molecule has 1 aliphatic rings. The van der Waals surface area contributed by atoms with Crippen molar-refractivity contribution in [2.45, 2.75) is 5.79 Å². The Labute approximate surface area is 95.0 Å². The van der Waals surface area contributed by atoms with Gasteiger partial charge in [-0.2, -0.15) is 5.26 Å². The van der Waals surface area contributed by atoms with Gasteiger partial charge < -0.3 is 14.4 Å². The van der Waals surface area contributed by atoms with Gasteiger partial charge in [-0.05, 0) is 12.1 Å². The second-order valence-electron chi connectivity index (χ2n) is 3.80. The van der Waals surface area contributed by atoms with Crippen LogP contribution in [0.2, 0.25) is 0 Å². The van der Waals surface area contributed by atoms with Gasteiger partial charge in [-0.15, -0.1) is 0 Å². The first-order chi connectivity index (χ1) is 7.74. The fraction of sp³-hybridized carbons (Fsp3) is 0.417. The number of hydrogen-bond donors (Lipinski definition) is 0. The SMILES string of the molecule is COC1(OC)CN(c2ccccc2C#N)C1. The van der Waals surface area contributed by atoms with Gasteiger partial charge in [0.15, 0.2) is 0 Å². The third kappa shape index (κ3) is 1.64. The van der Waals surface area contributed by atoms with Crippen molar-refractivity contribution < 1.29 is 9.47 Å². The molecule has 1 aromatic carbocycles. The molecule has 1 heterocycles. The van der Waals surface area contributed by atoms with Crippen LogP contribution in [0.3, 0.4) is 0 Å². The predicted octanol–water partition coefficient (Wildman–Crippen LogP) is 1.37. The molecule has 4 nitrogen and oxygen atoms in total. The lowest BCUT2D eigenvalue weighted by Crippen LogP contribution is -2.64. The highest BCUT2D eigenvalue weighted by Crippen LogP contribution is 2.32. The number of rotatable bonds is 3. The maximum absolute atomic E-state index is 8.99. The Balaban J connectivity index is 2.15. The molecule has 0 N–H and O–H groups in total. The van der Waals surface area contributed by atoms with Gasteiger partial charge in [-0.3, -0.25) is 0 Å². The highest BCUT2D eigenvalue weighted by Gasteiger charge is 2.44. The lowest BCUT2D eigenvalue weighted by Gasteiger charge is -2.48. The van der Waals surface area contributed by atoms with Crippen molar-refractivity contribution in [1.82, 2.24) is 0 Å². The molecule has 1 aliphatic heterocycles. The van der Waals surface area contributed by atoms with Gasteiger partial charge in [0, 0.05) is 14.2 Å². The van der Waals surface area contributed by atoms with Crippen LogP contribution in [0.5, 0.6) is 0 Å². The third-order valence-electron chi connectivity index (χ3n) is 2.97. The molecule has 0 spiro atoms. The Morgan fingerprint density at radius 3 is 2.44 bits per heavy atom. The minimum Gasteiger partial charge on any atom is -0.359 e. The normalized spacial score (nSPS) is 17.7. The summed E-state index contributed by atoms with van der Waals surface area (Å²) in [5.74, 6) is -0.511. The molecule has 0 saturated carbocycles. The summed E-state index contributed by atoms with van der Waals surface area (Å²) in [7, 11) is 3.27. The minimum absolute atomic E-state index is 0.511. The molecule has 0 unspecified atom stereocenters. The number of benzene rings is 1. The van der Waals surface area contributed by atoms with E-state index < -0.39 is 5.79 Å². The lowest BCUT2D eigenvalue weighted by molar-refractivity contribution is -0.219.